The summed E-state index contributed by atoms with van der Waals surface area (Å²) in [5, 5.41) is 29.1. The first kappa shape index (κ1) is 34.7. The fourth-order valence-corrected chi connectivity index (χ4v) is 4.05. The van der Waals surface area contributed by atoms with Gasteiger partial charge in [-0.05, 0) is 55.4 Å². The summed E-state index contributed by atoms with van der Waals surface area (Å²) >= 11 is 0.954. The molecule has 0 unspecified atom stereocenters. The molecule has 3 heterocycles. The molecule has 2 aromatic heterocycles. The molecule has 0 aromatic carbocycles. The number of nitrogens with one attached hydrogen (secondary N) is 4. The number of carboxylic acid groups (broad SMARTS) is 1. The molecule has 4 amide bonds. The van der Waals surface area contributed by atoms with Crippen molar-refractivity contribution in [3.05, 3.63) is 23.2 Å². The molecule has 45 heavy (non-hydrogen) atoms. The first-order chi connectivity index (χ1) is 20.7. The Morgan fingerprint density at radius 3 is 2.31 bits per heavy atom. The maximum atomic E-state index is 13.4. The van der Waals surface area contributed by atoms with E-state index in [1.807, 2.05) is 0 Å². The van der Waals surface area contributed by atoms with Crippen LogP contribution >= 0.6 is 11.3 Å². The SMILES string of the molecule is CC(C)(C)OC(=O)NCc1ncn(C[C@H]2NC(=O)[C@H]2NC(=O)/C(=N\OC(C)(C)C(=O)O)c2csc(NC(=O)OC(C)(C)C)n2)n1. The molecule has 3 rings (SSSR count). The van der Waals surface area contributed by atoms with Crippen molar-refractivity contribution in [2.75, 3.05) is 5.32 Å². The number of aromatic nitrogens is 4. The van der Waals surface area contributed by atoms with Crippen LogP contribution in [0.3, 0.4) is 0 Å². The van der Waals surface area contributed by atoms with Gasteiger partial charge in [0.1, 0.15) is 29.3 Å². The molecule has 246 valence electrons. The number of hydrogen-bond donors (Lipinski definition) is 5. The number of amides is 4. The van der Waals surface area contributed by atoms with E-state index in [0.717, 1.165) is 11.3 Å². The molecule has 0 radical (unpaired) electrons. The maximum Gasteiger partial charge on any atom is 0.413 e. The van der Waals surface area contributed by atoms with Crippen molar-refractivity contribution in [1.82, 2.24) is 35.7 Å². The fraction of sp³-hybridized carbons (Fsp3) is 0.577. The molecule has 0 aliphatic carbocycles. The average molecular weight is 652 g/mol. The van der Waals surface area contributed by atoms with Gasteiger partial charge in [0.15, 0.2) is 16.7 Å². The Bertz CT molecular complexity index is 1470. The lowest BCUT2D eigenvalue weighted by molar-refractivity contribution is -0.161. The van der Waals surface area contributed by atoms with Crippen molar-refractivity contribution in [3.8, 4) is 0 Å². The van der Waals surface area contributed by atoms with Crippen LogP contribution < -0.4 is 21.3 Å². The number of carbonyl (C=O) groups excluding carboxylic acids is 4. The number of oxime groups is 1. The highest BCUT2D eigenvalue weighted by Gasteiger charge is 2.42. The normalized spacial score (nSPS) is 17.0. The monoisotopic (exact) mass is 651 g/mol. The van der Waals surface area contributed by atoms with Crippen LogP contribution in [0.15, 0.2) is 16.9 Å². The second kappa shape index (κ2) is 13.4. The molecule has 0 spiro atoms. The predicted octanol–water partition coefficient (Wildman–Crippen LogP) is 1.37. The Balaban J connectivity index is 1.70. The molecule has 1 aliphatic heterocycles. The van der Waals surface area contributed by atoms with Gasteiger partial charge in [-0.3, -0.25) is 19.6 Å². The van der Waals surface area contributed by atoms with E-state index >= 15 is 0 Å². The van der Waals surface area contributed by atoms with Crippen molar-refractivity contribution in [2.45, 2.75) is 97.4 Å². The van der Waals surface area contributed by atoms with Gasteiger partial charge in [-0.2, -0.15) is 5.10 Å². The molecule has 1 aliphatic rings. The van der Waals surface area contributed by atoms with Crippen LogP contribution in [0.25, 0.3) is 0 Å². The lowest BCUT2D eigenvalue weighted by Gasteiger charge is -2.36. The fourth-order valence-electron chi connectivity index (χ4n) is 3.37. The molecule has 2 aromatic rings. The molecule has 1 fully saturated rings. The van der Waals surface area contributed by atoms with E-state index in [1.165, 1.54) is 30.2 Å². The number of thiazole rings is 1. The molecular weight excluding hydrogens is 614 g/mol. The first-order valence-electron chi connectivity index (χ1n) is 13.6. The van der Waals surface area contributed by atoms with Crippen LogP contribution in [0.2, 0.25) is 0 Å². The lowest BCUT2D eigenvalue weighted by Crippen LogP contribution is -2.70. The predicted molar refractivity (Wildman–Crippen MR) is 158 cm³/mol. The van der Waals surface area contributed by atoms with Gasteiger partial charge >= 0.3 is 18.2 Å². The molecule has 0 bridgehead atoms. The number of nitrogens with zero attached hydrogens (tertiary/aromatic N) is 5. The van der Waals surface area contributed by atoms with Gasteiger partial charge in [-0.15, -0.1) is 11.3 Å². The highest BCUT2D eigenvalue weighted by Crippen LogP contribution is 2.20. The second-order valence-electron chi connectivity index (χ2n) is 12.3. The Hall–Kier alpha value is -4.81. The zero-order valence-corrected chi connectivity index (χ0v) is 26.9. The summed E-state index contributed by atoms with van der Waals surface area (Å²) in [5.74, 6) is -2.43. The highest BCUT2D eigenvalue weighted by atomic mass is 32.1. The third kappa shape index (κ3) is 10.4. The Morgan fingerprint density at radius 1 is 1.07 bits per heavy atom. The van der Waals surface area contributed by atoms with E-state index in [0.29, 0.717) is 5.82 Å². The van der Waals surface area contributed by atoms with Gasteiger partial charge in [-0.25, -0.2) is 24.4 Å². The lowest BCUT2D eigenvalue weighted by atomic mass is 9.98. The third-order valence-corrected chi connectivity index (χ3v) is 6.26. The summed E-state index contributed by atoms with van der Waals surface area (Å²) < 4.78 is 11.8. The quantitative estimate of drug-likeness (QED) is 0.132. The number of carboxylic acids is 1. The summed E-state index contributed by atoms with van der Waals surface area (Å²) in [7, 11) is 0. The van der Waals surface area contributed by atoms with Crippen molar-refractivity contribution >= 4 is 52.2 Å². The maximum absolute atomic E-state index is 13.4. The van der Waals surface area contributed by atoms with E-state index in [4.69, 9.17) is 14.3 Å². The molecule has 2 atom stereocenters. The van der Waals surface area contributed by atoms with Crippen LogP contribution in [0, 0.1) is 0 Å². The summed E-state index contributed by atoms with van der Waals surface area (Å²) in [6.45, 7) is 12.8. The van der Waals surface area contributed by atoms with Gasteiger partial charge < -0.3 is 35.4 Å². The minimum Gasteiger partial charge on any atom is -0.478 e. The van der Waals surface area contributed by atoms with E-state index in [2.05, 4.69) is 41.5 Å². The van der Waals surface area contributed by atoms with E-state index in [1.54, 1.807) is 41.5 Å². The van der Waals surface area contributed by atoms with E-state index in [9.17, 15) is 29.1 Å². The van der Waals surface area contributed by atoms with Crippen molar-refractivity contribution in [2.24, 2.45) is 5.16 Å². The number of rotatable bonds is 11. The smallest absolute Gasteiger partial charge is 0.413 e. The molecule has 5 N–H and O–H groups in total. The molecule has 19 heteroatoms. The zero-order valence-electron chi connectivity index (χ0n) is 26.1. The second-order valence-corrected chi connectivity index (χ2v) is 13.2. The van der Waals surface area contributed by atoms with Gasteiger partial charge in [0, 0.05) is 5.38 Å². The Labute approximate surface area is 262 Å². The summed E-state index contributed by atoms with van der Waals surface area (Å²) in [4.78, 5) is 74.8. The van der Waals surface area contributed by atoms with Crippen LogP contribution in [-0.2, 0) is 41.8 Å². The first-order valence-corrected chi connectivity index (χ1v) is 14.5. The van der Waals surface area contributed by atoms with Gasteiger partial charge in [0.25, 0.3) is 5.91 Å². The average Bonchev–Trinajstić information content (AvgIpc) is 3.53. The van der Waals surface area contributed by atoms with Crippen molar-refractivity contribution in [3.63, 3.8) is 0 Å². The largest absolute Gasteiger partial charge is 0.478 e. The van der Waals surface area contributed by atoms with Gasteiger partial charge in [0.2, 0.25) is 11.5 Å². The van der Waals surface area contributed by atoms with Gasteiger partial charge in [-0.1, -0.05) is 5.16 Å². The third-order valence-electron chi connectivity index (χ3n) is 5.51. The summed E-state index contributed by atoms with van der Waals surface area (Å²) in [6, 6.07) is -1.63. The van der Waals surface area contributed by atoms with Gasteiger partial charge in [0.05, 0.1) is 19.1 Å². The number of hydrogen-bond acceptors (Lipinski definition) is 13. The van der Waals surface area contributed by atoms with Crippen molar-refractivity contribution in [1.29, 1.82) is 0 Å². The highest BCUT2D eigenvalue weighted by molar-refractivity contribution is 7.14. The minimum absolute atomic E-state index is 0.00400. The topological polar surface area (TPSA) is 237 Å². The number of β-lactam (4-membered cyclic amide) rings is 1. The summed E-state index contributed by atoms with van der Waals surface area (Å²) in [6.07, 6.45) is -0.00653. The zero-order chi connectivity index (χ0) is 33.7. The minimum atomic E-state index is -1.81. The standard InChI is InChI=1S/C26H37N9O9S/c1-24(2,3)42-22(40)27-9-15-28-12-35(33-15)10-13-16(18(36)29-13)31-19(37)17(34-44-26(7,8)20(38)39)14-11-45-21(30-14)32-23(41)43-25(4,5)6/h11-13,16H,9-10H2,1-8H3,(H,27,40)(H,29,36)(H,31,37)(H,38,39)(H,30,32,41)/b34-17-/t13-,16+/m1/s1. The van der Waals surface area contributed by atoms with Crippen LogP contribution in [-0.4, -0.2) is 89.4 Å². The van der Waals surface area contributed by atoms with Crippen LogP contribution in [0.5, 0.6) is 0 Å². The van der Waals surface area contributed by atoms with Crippen LogP contribution in [0.4, 0.5) is 14.7 Å². The molecule has 18 nitrogen and oxygen atoms in total. The number of carbonyl (C=O) groups is 5. The number of alkyl carbamates (subject to hydrolysis) is 1. The van der Waals surface area contributed by atoms with Crippen LogP contribution in [0.1, 0.15) is 66.9 Å². The number of aliphatic carboxylic acids is 1. The Morgan fingerprint density at radius 2 is 1.71 bits per heavy atom. The van der Waals surface area contributed by atoms with E-state index < -0.39 is 64.6 Å². The number of ether oxygens (including phenoxy) is 2. The Kier molecular flexibility index (Phi) is 10.4. The number of anilines is 1. The summed E-state index contributed by atoms with van der Waals surface area (Å²) in [5.41, 5.74) is -3.73. The van der Waals surface area contributed by atoms with E-state index in [-0.39, 0.29) is 23.9 Å². The molecule has 0 saturated carbocycles. The van der Waals surface area contributed by atoms with Crippen molar-refractivity contribution < 1.29 is 43.4 Å². The molecular formula is C26H37N9O9S. The molecule has 1 saturated heterocycles.